The molecule has 32 heavy (non-hydrogen) atoms. The molecule has 6 aromatic rings. The van der Waals surface area contributed by atoms with Crippen molar-refractivity contribution in [3.8, 4) is 22.3 Å². The van der Waals surface area contributed by atoms with Crippen LogP contribution >= 0.6 is 0 Å². The van der Waals surface area contributed by atoms with Crippen molar-refractivity contribution in [1.82, 2.24) is 0 Å². The van der Waals surface area contributed by atoms with Crippen LogP contribution in [-0.4, -0.2) is 0 Å². The average molecular weight is 409 g/mol. The molecule has 0 amide bonds. The summed E-state index contributed by atoms with van der Waals surface area (Å²) in [4.78, 5) is 0. The van der Waals surface area contributed by atoms with Crippen molar-refractivity contribution in [2.75, 3.05) is 0 Å². The zero-order chi connectivity index (χ0) is 21.7. The number of hydrogen-bond acceptors (Lipinski definition) is 0. The molecule has 0 aliphatic rings. The van der Waals surface area contributed by atoms with Gasteiger partial charge in [-0.05, 0) is 74.0 Å². The van der Waals surface area contributed by atoms with Crippen LogP contribution in [0.1, 0.15) is 11.1 Å². The molecule has 0 N–H and O–H groups in total. The van der Waals surface area contributed by atoms with Crippen molar-refractivity contribution in [1.29, 1.82) is 0 Å². The Morgan fingerprint density at radius 3 is 1.50 bits per heavy atom. The van der Waals surface area contributed by atoms with Crippen molar-refractivity contribution < 1.29 is 0 Å². The molecule has 0 aromatic heterocycles. The lowest BCUT2D eigenvalue weighted by Gasteiger charge is -2.18. The Morgan fingerprint density at radius 2 is 0.844 bits per heavy atom. The van der Waals surface area contributed by atoms with E-state index >= 15 is 0 Å². The summed E-state index contributed by atoms with van der Waals surface area (Å²) in [7, 11) is 0. The van der Waals surface area contributed by atoms with Gasteiger partial charge in [-0.2, -0.15) is 0 Å². The van der Waals surface area contributed by atoms with Gasteiger partial charge >= 0.3 is 0 Å². The summed E-state index contributed by atoms with van der Waals surface area (Å²) < 4.78 is 0. The van der Waals surface area contributed by atoms with Gasteiger partial charge in [-0.15, -0.1) is 0 Å². The van der Waals surface area contributed by atoms with Crippen LogP contribution < -0.4 is 0 Å². The molecule has 0 bridgehead atoms. The van der Waals surface area contributed by atoms with Crippen LogP contribution in [0.4, 0.5) is 0 Å². The fourth-order valence-corrected chi connectivity index (χ4v) is 5.17. The van der Waals surface area contributed by atoms with E-state index in [-0.39, 0.29) is 0 Å². The maximum Gasteiger partial charge on any atom is -0.00635 e. The van der Waals surface area contributed by atoms with E-state index in [0.717, 1.165) is 0 Å². The molecule has 0 atom stereocenters. The minimum atomic E-state index is 1.26. The average Bonchev–Trinajstić information content (AvgIpc) is 2.85. The number of benzene rings is 6. The number of rotatable bonds is 2. The molecular weight excluding hydrogens is 384 g/mol. The SMILES string of the molecule is Cc1ccc(-c2ccc(-c3c(C)c4ccccc4c4ccccc34)c3ccccc23)cc1. The number of fused-ring (bicyclic) bond motifs is 4. The van der Waals surface area contributed by atoms with Gasteiger partial charge in [-0.25, -0.2) is 0 Å². The van der Waals surface area contributed by atoms with Crippen molar-refractivity contribution in [3.05, 3.63) is 120 Å². The lowest BCUT2D eigenvalue weighted by Crippen LogP contribution is -1.92. The van der Waals surface area contributed by atoms with Crippen LogP contribution in [0, 0.1) is 13.8 Å². The Labute approximate surface area is 188 Å². The molecule has 0 radical (unpaired) electrons. The second kappa shape index (κ2) is 7.35. The molecule has 0 heteroatoms. The lowest BCUT2D eigenvalue weighted by atomic mass is 9.85. The van der Waals surface area contributed by atoms with Gasteiger partial charge in [0.05, 0.1) is 0 Å². The van der Waals surface area contributed by atoms with Gasteiger partial charge in [0.1, 0.15) is 0 Å². The van der Waals surface area contributed by atoms with Crippen molar-refractivity contribution in [2.45, 2.75) is 13.8 Å². The quantitative estimate of drug-likeness (QED) is 0.251. The third-order valence-electron chi connectivity index (χ3n) is 6.75. The standard InChI is InChI=1S/C32H24/c1-21-15-17-23(18-16-21)25-19-20-31(29-13-6-5-11-27(25)29)32-22(2)24-9-3-4-10-26(24)28-12-7-8-14-30(28)32/h3-20H,1-2H3. The Morgan fingerprint density at radius 1 is 0.375 bits per heavy atom. The highest BCUT2D eigenvalue weighted by Crippen LogP contribution is 2.43. The van der Waals surface area contributed by atoms with Gasteiger partial charge in [-0.3, -0.25) is 0 Å². The summed E-state index contributed by atoms with van der Waals surface area (Å²) >= 11 is 0. The summed E-state index contributed by atoms with van der Waals surface area (Å²) in [5.41, 5.74) is 7.81. The fraction of sp³-hybridized carbons (Fsp3) is 0.0625. The first-order valence-electron chi connectivity index (χ1n) is 11.2. The Kier molecular flexibility index (Phi) is 4.33. The second-order valence-corrected chi connectivity index (χ2v) is 8.66. The van der Waals surface area contributed by atoms with Crippen LogP contribution in [0.3, 0.4) is 0 Å². The van der Waals surface area contributed by atoms with Crippen molar-refractivity contribution in [3.63, 3.8) is 0 Å². The maximum atomic E-state index is 2.32. The largest absolute Gasteiger partial charge is 0.0616 e. The van der Waals surface area contributed by atoms with Gasteiger partial charge in [0, 0.05) is 0 Å². The van der Waals surface area contributed by atoms with E-state index in [2.05, 4.69) is 123 Å². The Balaban J connectivity index is 1.72. The van der Waals surface area contributed by atoms with Gasteiger partial charge < -0.3 is 0 Å². The molecule has 0 nitrogen and oxygen atoms in total. The molecule has 0 heterocycles. The van der Waals surface area contributed by atoms with Gasteiger partial charge in [0.15, 0.2) is 0 Å². The molecule has 6 rings (SSSR count). The number of hydrogen-bond donors (Lipinski definition) is 0. The van der Waals surface area contributed by atoms with Crippen LogP contribution in [0.2, 0.25) is 0 Å². The fourth-order valence-electron chi connectivity index (χ4n) is 5.17. The monoisotopic (exact) mass is 408 g/mol. The Hall–Kier alpha value is -3.90. The molecule has 0 saturated heterocycles. The third-order valence-corrected chi connectivity index (χ3v) is 6.75. The van der Waals surface area contributed by atoms with E-state index in [1.165, 1.54) is 65.7 Å². The van der Waals surface area contributed by atoms with Crippen molar-refractivity contribution in [2.24, 2.45) is 0 Å². The molecule has 0 unspecified atom stereocenters. The van der Waals surface area contributed by atoms with E-state index in [1.54, 1.807) is 0 Å². The van der Waals surface area contributed by atoms with Crippen LogP contribution in [-0.2, 0) is 0 Å². The highest BCUT2D eigenvalue weighted by atomic mass is 14.2. The van der Waals surface area contributed by atoms with Crippen LogP contribution in [0.25, 0.3) is 54.6 Å². The predicted octanol–water partition coefficient (Wildman–Crippen LogP) is 9.10. The molecule has 152 valence electrons. The van der Waals surface area contributed by atoms with Crippen molar-refractivity contribution >= 4 is 32.3 Å². The first-order chi connectivity index (χ1) is 15.7. The molecule has 6 aromatic carbocycles. The summed E-state index contributed by atoms with van der Waals surface area (Å²) in [5.74, 6) is 0. The lowest BCUT2D eigenvalue weighted by molar-refractivity contribution is 1.47. The van der Waals surface area contributed by atoms with Gasteiger partial charge in [-0.1, -0.05) is 115 Å². The van der Waals surface area contributed by atoms with Gasteiger partial charge in [0.2, 0.25) is 0 Å². The molecular formula is C32H24. The second-order valence-electron chi connectivity index (χ2n) is 8.66. The molecule has 0 aliphatic carbocycles. The first-order valence-corrected chi connectivity index (χ1v) is 11.2. The molecule has 0 saturated carbocycles. The Bertz CT molecular complexity index is 1620. The summed E-state index contributed by atoms with van der Waals surface area (Å²) in [6.07, 6.45) is 0. The van der Waals surface area contributed by atoms with Crippen LogP contribution in [0.5, 0.6) is 0 Å². The van der Waals surface area contributed by atoms with E-state index in [4.69, 9.17) is 0 Å². The smallest absolute Gasteiger partial charge is 0.00635 e. The number of aryl methyl sites for hydroxylation is 2. The predicted molar refractivity (Wildman–Crippen MR) is 139 cm³/mol. The van der Waals surface area contributed by atoms with E-state index in [0.29, 0.717) is 0 Å². The van der Waals surface area contributed by atoms with Gasteiger partial charge in [0.25, 0.3) is 0 Å². The van der Waals surface area contributed by atoms with E-state index in [9.17, 15) is 0 Å². The third kappa shape index (κ3) is 2.84. The molecule has 0 fully saturated rings. The molecule has 0 spiro atoms. The molecule has 0 aliphatic heterocycles. The summed E-state index contributed by atoms with van der Waals surface area (Å²) in [5, 5.41) is 7.88. The maximum absolute atomic E-state index is 2.32. The topological polar surface area (TPSA) is 0 Å². The van der Waals surface area contributed by atoms with E-state index < -0.39 is 0 Å². The zero-order valence-electron chi connectivity index (χ0n) is 18.4. The van der Waals surface area contributed by atoms with E-state index in [1.807, 2.05) is 0 Å². The highest BCUT2D eigenvalue weighted by Gasteiger charge is 2.16. The summed E-state index contributed by atoms with van der Waals surface area (Å²) in [6.45, 7) is 4.41. The highest BCUT2D eigenvalue weighted by molar-refractivity contribution is 6.18. The minimum absolute atomic E-state index is 1.26. The minimum Gasteiger partial charge on any atom is -0.0616 e. The first kappa shape index (κ1) is 18.8. The normalized spacial score (nSPS) is 11.4. The zero-order valence-corrected chi connectivity index (χ0v) is 18.4. The van der Waals surface area contributed by atoms with Crippen LogP contribution in [0.15, 0.2) is 109 Å². The summed E-state index contributed by atoms with van der Waals surface area (Å²) in [6, 6.07) is 39.9.